The number of aromatic nitrogens is 1. The van der Waals surface area contributed by atoms with Gasteiger partial charge in [0.05, 0.1) is 24.9 Å². The van der Waals surface area contributed by atoms with Gasteiger partial charge < -0.3 is 14.8 Å². The van der Waals surface area contributed by atoms with Crippen molar-refractivity contribution in [3.05, 3.63) is 39.7 Å². The second-order valence-corrected chi connectivity index (χ2v) is 9.16. The number of nitrogens with zero attached hydrogens (tertiary/aromatic N) is 2. The minimum atomic E-state index is -0.466. The Morgan fingerprint density at radius 1 is 1.38 bits per heavy atom. The minimum absolute atomic E-state index is 0.0295. The van der Waals surface area contributed by atoms with Gasteiger partial charge in [0, 0.05) is 17.0 Å². The van der Waals surface area contributed by atoms with Crippen LogP contribution in [0.2, 0.25) is 5.02 Å². The van der Waals surface area contributed by atoms with Crippen molar-refractivity contribution >= 4 is 34.9 Å². The minimum Gasteiger partial charge on any atom is -0.496 e. The van der Waals surface area contributed by atoms with Gasteiger partial charge in [0.2, 0.25) is 5.91 Å². The fourth-order valence-corrected chi connectivity index (χ4v) is 3.93. The summed E-state index contributed by atoms with van der Waals surface area (Å²) in [6.07, 6.45) is 3.07. The maximum Gasteiger partial charge on any atom is 0.282 e. The molecule has 1 N–H and O–H groups in total. The summed E-state index contributed by atoms with van der Waals surface area (Å²) in [5.74, 6) is 0.466. The van der Waals surface area contributed by atoms with Crippen LogP contribution in [0.3, 0.4) is 0 Å². The lowest BCUT2D eigenvalue weighted by molar-refractivity contribution is -0.119. The van der Waals surface area contributed by atoms with Crippen molar-refractivity contribution < 1.29 is 19.1 Å². The summed E-state index contributed by atoms with van der Waals surface area (Å²) in [6.45, 7) is 6.48. The Balaban J connectivity index is 1.94. The molecule has 0 bridgehead atoms. The monoisotopic (exact) mass is 437 g/mol. The molecule has 1 aliphatic heterocycles. The van der Waals surface area contributed by atoms with Gasteiger partial charge in [-0.05, 0) is 56.9 Å². The third-order valence-corrected chi connectivity index (χ3v) is 5.96. The summed E-state index contributed by atoms with van der Waals surface area (Å²) < 4.78 is 13.6. The molecular weight excluding hydrogens is 414 g/mol. The van der Waals surface area contributed by atoms with Crippen LogP contribution >= 0.6 is 23.1 Å². The first-order valence-electron chi connectivity index (χ1n) is 9.25. The van der Waals surface area contributed by atoms with Crippen LogP contribution in [0.1, 0.15) is 44.0 Å². The predicted molar refractivity (Wildman–Crippen MR) is 112 cm³/mol. The molecule has 0 unspecified atom stereocenters. The number of rotatable bonds is 5. The van der Waals surface area contributed by atoms with E-state index in [1.54, 1.807) is 12.1 Å². The molecule has 0 saturated carbocycles. The molecule has 2 amide bonds. The van der Waals surface area contributed by atoms with Crippen molar-refractivity contribution in [2.24, 2.45) is 4.99 Å². The zero-order chi connectivity index (χ0) is 21.2. The molecule has 1 aromatic heterocycles. The number of amides is 2. The largest absolute Gasteiger partial charge is 0.496 e. The van der Waals surface area contributed by atoms with Crippen LogP contribution in [0.4, 0.5) is 0 Å². The first kappa shape index (κ1) is 21.4. The van der Waals surface area contributed by atoms with Gasteiger partial charge in [-0.15, -0.1) is 0 Å². The van der Waals surface area contributed by atoms with Gasteiger partial charge in [-0.25, -0.2) is 0 Å². The summed E-state index contributed by atoms with van der Waals surface area (Å²) in [5.41, 5.74) is 0.0827. The van der Waals surface area contributed by atoms with Gasteiger partial charge in [0.25, 0.3) is 5.91 Å². The van der Waals surface area contributed by atoms with E-state index in [2.05, 4.69) is 31.1 Å². The molecule has 2 aromatic rings. The SMILES string of the molecule is COc1ccc(Cl)cc1C(=O)/N=c1\sn(C(C)(C)C)cc1OC[C@H]1CCC(=O)N1. The quantitative estimate of drug-likeness (QED) is 0.777. The standard InChI is InChI=1S/C20H24ClN3O4S/c1-20(2,3)24-10-16(28-11-13-6-8-17(25)22-13)19(29-24)23-18(26)14-9-12(21)5-7-15(14)27-4/h5,7,9-10,13H,6,8,11H2,1-4H3,(H,22,25)/b23-19-/t13-/m1/s1. The Kier molecular flexibility index (Phi) is 6.33. The topological polar surface area (TPSA) is 81.9 Å². The Morgan fingerprint density at radius 2 is 2.14 bits per heavy atom. The number of hydrogen-bond donors (Lipinski definition) is 1. The summed E-state index contributed by atoms with van der Waals surface area (Å²) in [6, 6.07) is 4.78. The van der Waals surface area contributed by atoms with E-state index in [-0.39, 0.29) is 23.1 Å². The first-order valence-corrected chi connectivity index (χ1v) is 10.4. The van der Waals surface area contributed by atoms with E-state index in [1.807, 2.05) is 10.2 Å². The van der Waals surface area contributed by atoms with E-state index < -0.39 is 5.91 Å². The lowest BCUT2D eigenvalue weighted by Gasteiger charge is -2.19. The van der Waals surface area contributed by atoms with Crippen molar-refractivity contribution in [3.63, 3.8) is 0 Å². The van der Waals surface area contributed by atoms with Crippen molar-refractivity contribution in [2.45, 2.75) is 45.2 Å². The predicted octanol–water partition coefficient (Wildman–Crippen LogP) is 3.37. The van der Waals surface area contributed by atoms with Crippen LogP contribution in [0.5, 0.6) is 11.5 Å². The zero-order valence-corrected chi connectivity index (χ0v) is 18.4. The molecular formula is C20H24ClN3O4S. The number of carbonyl (C=O) groups is 2. The molecule has 0 spiro atoms. The van der Waals surface area contributed by atoms with Crippen LogP contribution in [0, 0.1) is 0 Å². The molecule has 0 aliphatic carbocycles. The fourth-order valence-electron chi connectivity index (χ4n) is 2.82. The number of hydrogen-bond acceptors (Lipinski definition) is 5. The maximum absolute atomic E-state index is 12.8. The van der Waals surface area contributed by atoms with Gasteiger partial charge in [-0.2, -0.15) is 4.99 Å². The summed E-state index contributed by atoms with van der Waals surface area (Å²) >= 11 is 7.37. The number of halogens is 1. The summed E-state index contributed by atoms with van der Waals surface area (Å²) in [4.78, 5) is 28.5. The number of carbonyl (C=O) groups excluding carboxylic acids is 2. The van der Waals surface area contributed by atoms with E-state index in [9.17, 15) is 9.59 Å². The lowest BCUT2D eigenvalue weighted by Crippen LogP contribution is -2.31. The van der Waals surface area contributed by atoms with Crippen LogP contribution in [-0.2, 0) is 10.3 Å². The molecule has 0 radical (unpaired) electrons. The van der Waals surface area contributed by atoms with Crippen molar-refractivity contribution in [1.29, 1.82) is 0 Å². The molecule has 1 saturated heterocycles. The summed E-state index contributed by atoms with van der Waals surface area (Å²) in [5, 5.41) is 3.30. The van der Waals surface area contributed by atoms with E-state index in [4.69, 9.17) is 21.1 Å². The molecule has 2 heterocycles. The normalized spacial score (nSPS) is 17.3. The Labute approximate surface area is 178 Å². The number of methoxy groups -OCH3 is 1. The highest BCUT2D eigenvalue weighted by Crippen LogP contribution is 2.24. The van der Waals surface area contributed by atoms with Gasteiger partial charge in [-0.3, -0.25) is 13.5 Å². The van der Waals surface area contributed by atoms with Gasteiger partial charge in [0.15, 0.2) is 10.4 Å². The number of ether oxygens (including phenoxy) is 2. The maximum atomic E-state index is 12.8. The highest BCUT2D eigenvalue weighted by molar-refractivity contribution is 7.04. The van der Waals surface area contributed by atoms with Crippen LogP contribution < -0.4 is 19.5 Å². The Morgan fingerprint density at radius 3 is 2.76 bits per heavy atom. The third kappa shape index (κ3) is 5.19. The molecule has 7 nitrogen and oxygen atoms in total. The molecule has 3 rings (SSSR count). The average molecular weight is 438 g/mol. The number of benzene rings is 1. The van der Waals surface area contributed by atoms with Crippen molar-refractivity contribution in [3.8, 4) is 11.5 Å². The van der Waals surface area contributed by atoms with Crippen molar-refractivity contribution in [1.82, 2.24) is 9.27 Å². The van der Waals surface area contributed by atoms with Gasteiger partial charge in [0.1, 0.15) is 12.4 Å². The highest BCUT2D eigenvalue weighted by Gasteiger charge is 2.23. The Bertz CT molecular complexity index is 990. The van der Waals surface area contributed by atoms with Crippen LogP contribution in [0.15, 0.2) is 29.4 Å². The molecule has 156 valence electrons. The average Bonchev–Trinajstić information content (AvgIpc) is 3.25. The molecule has 9 heteroatoms. The molecule has 1 atom stereocenters. The second kappa shape index (κ2) is 8.59. The van der Waals surface area contributed by atoms with Gasteiger partial charge >= 0.3 is 0 Å². The van der Waals surface area contributed by atoms with Gasteiger partial charge in [-0.1, -0.05) is 11.6 Å². The molecule has 1 aliphatic rings. The molecule has 1 fully saturated rings. The second-order valence-electron chi connectivity index (χ2n) is 7.76. The first-order chi connectivity index (χ1) is 13.7. The molecule has 29 heavy (non-hydrogen) atoms. The third-order valence-electron chi connectivity index (χ3n) is 4.41. The smallest absolute Gasteiger partial charge is 0.282 e. The molecule has 1 aromatic carbocycles. The van der Waals surface area contributed by atoms with Crippen LogP contribution in [0.25, 0.3) is 0 Å². The number of nitrogens with one attached hydrogen (secondary N) is 1. The Hall–Kier alpha value is -2.32. The van der Waals surface area contributed by atoms with Crippen LogP contribution in [-0.4, -0.2) is 35.5 Å². The van der Waals surface area contributed by atoms with E-state index in [0.717, 1.165) is 6.42 Å². The highest BCUT2D eigenvalue weighted by atomic mass is 35.5. The lowest BCUT2D eigenvalue weighted by atomic mass is 10.1. The van der Waals surface area contributed by atoms with E-state index in [1.165, 1.54) is 24.7 Å². The van der Waals surface area contributed by atoms with Crippen molar-refractivity contribution in [2.75, 3.05) is 13.7 Å². The van der Waals surface area contributed by atoms with E-state index >= 15 is 0 Å². The van der Waals surface area contributed by atoms with E-state index in [0.29, 0.717) is 34.2 Å². The zero-order valence-electron chi connectivity index (χ0n) is 16.8. The fraction of sp³-hybridized carbons (Fsp3) is 0.450. The summed E-state index contributed by atoms with van der Waals surface area (Å²) in [7, 11) is 1.49.